The van der Waals surface area contributed by atoms with Crippen LogP contribution in [0.2, 0.25) is 0 Å². The van der Waals surface area contributed by atoms with Gasteiger partial charge in [0.15, 0.2) is 5.69 Å². The third-order valence-electron chi connectivity index (χ3n) is 6.70. The molecule has 2 aromatic rings. The second-order valence-electron chi connectivity index (χ2n) is 9.43. The maximum Gasteiger partial charge on any atom is 0.273 e. The van der Waals surface area contributed by atoms with E-state index < -0.39 is 0 Å². The highest BCUT2D eigenvalue weighted by molar-refractivity contribution is 5.91. The van der Waals surface area contributed by atoms with Gasteiger partial charge in [0, 0.05) is 58.9 Å². The molecule has 3 heterocycles. The first-order valence-electron chi connectivity index (χ1n) is 12.7. The minimum Gasteiger partial charge on any atom is -0.447 e. The van der Waals surface area contributed by atoms with E-state index >= 15 is 0 Å². The van der Waals surface area contributed by atoms with Crippen LogP contribution in [0.25, 0.3) is 0 Å². The standard InChI is InChI=1S/C26H39N5O4/c1-21-3-4-22(2)23(17-21)18-31(8-7-30-11-15-34-16-12-30)19-25-28-24(20-35-25)26(32)27-5-6-29-9-13-33-14-10-29/h3-4,17,20H,5-16,18-19H2,1-2H3,(H,27,32). The van der Waals surface area contributed by atoms with Crippen LogP contribution in [-0.2, 0) is 22.6 Å². The summed E-state index contributed by atoms with van der Waals surface area (Å²) in [4.78, 5) is 24.2. The number of carbonyl (C=O) groups is 1. The lowest BCUT2D eigenvalue weighted by atomic mass is 10.1. The summed E-state index contributed by atoms with van der Waals surface area (Å²) in [7, 11) is 0. The number of hydrogen-bond donors (Lipinski definition) is 1. The minimum absolute atomic E-state index is 0.192. The van der Waals surface area contributed by atoms with E-state index in [4.69, 9.17) is 13.9 Å². The van der Waals surface area contributed by atoms with E-state index in [0.29, 0.717) is 24.7 Å². The van der Waals surface area contributed by atoms with Gasteiger partial charge in [-0.2, -0.15) is 0 Å². The number of amides is 1. The molecule has 9 nitrogen and oxygen atoms in total. The van der Waals surface area contributed by atoms with E-state index in [-0.39, 0.29) is 5.91 Å². The number of rotatable bonds is 11. The Hall–Kier alpha value is -2.30. The van der Waals surface area contributed by atoms with E-state index in [2.05, 4.69) is 57.0 Å². The second kappa shape index (κ2) is 13.1. The van der Waals surface area contributed by atoms with E-state index in [0.717, 1.165) is 78.8 Å². The normalized spacial score (nSPS) is 17.7. The number of hydrogen-bond acceptors (Lipinski definition) is 8. The van der Waals surface area contributed by atoms with Gasteiger partial charge >= 0.3 is 0 Å². The van der Waals surface area contributed by atoms with E-state index in [9.17, 15) is 4.79 Å². The van der Waals surface area contributed by atoms with Crippen LogP contribution in [0.1, 0.15) is 33.1 Å². The molecule has 4 rings (SSSR count). The molecule has 0 unspecified atom stereocenters. The number of morpholine rings is 2. The highest BCUT2D eigenvalue weighted by atomic mass is 16.5. The number of aromatic nitrogens is 1. The second-order valence-corrected chi connectivity index (χ2v) is 9.43. The zero-order valence-corrected chi connectivity index (χ0v) is 21.1. The third kappa shape index (κ3) is 8.12. The molecule has 1 aromatic carbocycles. The molecule has 9 heteroatoms. The van der Waals surface area contributed by atoms with Crippen molar-refractivity contribution in [3.63, 3.8) is 0 Å². The first-order chi connectivity index (χ1) is 17.1. The Morgan fingerprint density at radius 2 is 1.69 bits per heavy atom. The van der Waals surface area contributed by atoms with Crippen LogP contribution < -0.4 is 5.32 Å². The molecular formula is C26H39N5O4. The van der Waals surface area contributed by atoms with Gasteiger partial charge in [0.1, 0.15) is 6.26 Å². The third-order valence-corrected chi connectivity index (χ3v) is 6.70. The highest BCUT2D eigenvalue weighted by Gasteiger charge is 2.18. The average molecular weight is 486 g/mol. The number of ether oxygens (including phenoxy) is 2. The molecule has 1 amide bonds. The van der Waals surface area contributed by atoms with Crippen molar-refractivity contribution in [3.05, 3.63) is 52.7 Å². The molecule has 0 atom stereocenters. The quantitative estimate of drug-likeness (QED) is 0.515. The van der Waals surface area contributed by atoms with Crippen molar-refractivity contribution in [1.82, 2.24) is 25.0 Å². The zero-order chi connectivity index (χ0) is 24.5. The molecule has 2 aliphatic rings. The van der Waals surface area contributed by atoms with Gasteiger partial charge in [0.2, 0.25) is 5.89 Å². The SMILES string of the molecule is Cc1ccc(C)c(CN(CCN2CCOCC2)Cc2nc(C(=O)NCCN3CCOCC3)co2)c1. The molecule has 192 valence electrons. The first-order valence-corrected chi connectivity index (χ1v) is 12.7. The summed E-state index contributed by atoms with van der Waals surface area (Å²) in [5, 5.41) is 2.96. The Balaban J connectivity index is 1.33. The molecule has 2 aliphatic heterocycles. The fourth-order valence-corrected chi connectivity index (χ4v) is 4.46. The predicted molar refractivity (Wildman–Crippen MR) is 133 cm³/mol. The summed E-state index contributed by atoms with van der Waals surface area (Å²) in [6, 6.07) is 6.57. The maximum absolute atomic E-state index is 12.6. The highest BCUT2D eigenvalue weighted by Crippen LogP contribution is 2.16. The minimum atomic E-state index is -0.192. The van der Waals surface area contributed by atoms with Gasteiger partial charge in [-0.05, 0) is 25.0 Å². The summed E-state index contributed by atoms with van der Waals surface area (Å²) in [5.41, 5.74) is 4.17. The molecule has 2 saturated heterocycles. The topological polar surface area (TPSA) is 83.3 Å². The largest absolute Gasteiger partial charge is 0.447 e. The number of carbonyl (C=O) groups excluding carboxylic acids is 1. The van der Waals surface area contributed by atoms with Crippen molar-refractivity contribution < 1.29 is 18.7 Å². The van der Waals surface area contributed by atoms with Crippen molar-refractivity contribution in [2.75, 3.05) is 78.8 Å². The van der Waals surface area contributed by atoms with Crippen LogP contribution in [0.15, 0.2) is 28.9 Å². The van der Waals surface area contributed by atoms with Crippen LogP contribution in [0.3, 0.4) is 0 Å². The lowest BCUT2D eigenvalue weighted by Gasteiger charge is -2.30. The van der Waals surface area contributed by atoms with Gasteiger partial charge in [-0.15, -0.1) is 0 Å². The Labute approximate surface area is 208 Å². The van der Waals surface area contributed by atoms with Crippen LogP contribution in [-0.4, -0.2) is 104 Å². The average Bonchev–Trinajstić information content (AvgIpc) is 3.35. The fourth-order valence-electron chi connectivity index (χ4n) is 4.46. The summed E-state index contributed by atoms with van der Waals surface area (Å²) in [5.74, 6) is 0.373. The zero-order valence-electron chi connectivity index (χ0n) is 21.1. The lowest BCUT2D eigenvalue weighted by molar-refractivity contribution is 0.0320. The van der Waals surface area contributed by atoms with Crippen LogP contribution in [0.4, 0.5) is 0 Å². The Morgan fingerprint density at radius 3 is 2.40 bits per heavy atom. The lowest BCUT2D eigenvalue weighted by Crippen LogP contribution is -2.41. The van der Waals surface area contributed by atoms with Crippen LogP contribution in [0, 0.1) is 13.8 Å². The van der Waals surface area contributed by atoms with Gasteiger partial charge in [-0.25, -0.2) is 4.98 Å². The van der Waals surface area contributed by atoms with E-state index in [1.807, 2.05) is 0 Å². The van der Waals surface area contributed by atoms with Crippen LogP contribution >= 0.6 is 0 Å². The number of nitrogens with zero attached hydrogens (tertiary/aromatic N) is 4. The summed E-state index contributed by atoms with van der Waals surface area (Å²) < 4.78 is 16.6. The first kappa shape index (κ1) is 25.8. The van der Waals surface area contributed by atoms with Crippen LogP contribution in [0.5, 0.6) is 0 Å². The maximum atomic E-state index is 12.6. The van der Waals surface area contributed by atoms with Gasteiger partial charge in [-0.3, -0.25) is 19.5 Å². The molecular weight excluding hydrogens is 446 g/mol. The molecule has 0 aliphatic carbocycles. The number of nitrogens with one attached hydrogen (secondary N) is 1. The van der Waals surface area contributed by atoms with E-state index in [1.54, 1.807) is 0 Å². The predicted octanol–water partition coefficient (Wildman–Crippen LogP) is 1.69. The smallest absolute Gasteiger partial charge is 0.273 e. The summed E-state index contributed by atoms with van der Waals surface area (Å²) in [6.07, 6.45) is 1.47. The number of benzene rings is 1. The molecule has 0 saturated carbocycles. The van der Waals surface area contributed by atoms with Crippen molar-refractivity contribution in [1.29, 1.82) is 0 Å². The molecule has 1 N–H and O–H groups in total. The van der Waals surface area contributed by atoms with Crippen molar-refractivity contribution in [3.8, 4) is 0 Å². The Morgan fingerprint density at radius 1 is 1.00 bits per heavy atom. The fraction of sp³-hybridized carbons (Fsp3) is 0.615. The Kier molecular flexibility index (Phi) is 9.67. The molecule has 35 heavy (non-hydrogen) atoms. The number of aryl methyl sites for hydroxylation is 2. The Bertz CT molecular complexity index is 938. The molecule has 0 spiro atoms. The van der Waals surface area contributed by atoms with Crippen molar-refractivity contribution in [2.24, 2.45) is 0 Å². The number of oxazole rings is 1. The molecule has 0 bridgehead atoms. The van der Waals surface area contributed by atoms with Crippen molar-refractivity contribution in [2.45, 2.75) is 26.9 Å². The van der Waals surface area contributed by atoms with E-state index in [1.165, 1.54) is 23.0 Å². The molecule has 1 aromatic heterocycles. The summed E-state index contributed by atoms with van der Waals surface area (Å²) in [6.45, 7) is 15.7. The van der Waals surface area contributed by atoms with Gasteiger partial charge in [-0.1, -0.05) is 23.8 Å². The van der Waals surface area contributed by atoms with Gasteiger partial charge in [0.25, 0.3) is 5.91 Å². The van der Waals surface area contributed by atoms with Gasteiger partial charge in [0.05, 0.1) is 33.0 Å². The molecule has 2 fully saturated rings. The monoisotopic (exact) mass is 485 g/mol. The summed E-state index contributed by atoms with van der Waals surface area (Å²) >= 11 is 0. The van der Waals surface area contributed by atoms with Crippen molar-refractivity contribution >= 4 is 5.91 Å². The molecule has 0 radical (unpaired) electrons. The van der Waals surface area contributed by atoms with Gasteiger partial charge < -0.3 is 19.2 Å².